The van der Waals surface area contributed by atoms with Gasteiger partial charge in [0.25, 0.3) is 0 Å². The van der Waals surface area contributed by atoms with Gasteiger partial charge in [-0.25, -0.2) is 0 Å². The van der Waals surface area contributed by atoms with Crippen LogP contribution >= 0.6 is 0 Å². The number of esters is 3. The molecule has 0 heterocycles. The highest BCUT2D eigenvalue weighted by molar-refractivity contribution is 5.71. The van der Waals surface area contributed by atoms with Gasteiger partial charge in [0, 0.05) is 19.3 Å². The van der Waals surface area contributed by atoms with Crippen LogP contribution in [0.2, 0.25) is 0 Å². The summed E-state index contributed by atoms with van der Waals surface area (Å²) in [5.41, 5.74) is 0. The van der Waals surface area contributed by atoms with Crippen molar-refractivity contribution >= 4 is 17.9 Å². The second-order valence-corrected chi connectivity index (χ2v) is 21.3. The van der Waals surface area contributed by atoms with Crippen LogP contribution in [-0.4, -0.2) is 37.2 Å². The summed E-state index contributed by atoms with van der Waals surface area (Å²) >= 11 is 0. The molecule has 0 aromatic carbocycles. The van der Waals surface area contributed by atoms with Crippen LogP contribution in [-0.2, 0) is 28.6 Å². The Morgan fingerprint density at radius 2 is 0.481 bits per heavy atom. The van der Waals surface area contributed by atoms with E-state index >= 15 is 0 Å². The summed E-state index contributed by atoms with van der Waals surface area (Å²) in [6.45, 7) is 6.43. The van der Waals surface area contributed by atoms with Crippen molar-refractivity contribution in [2.45, 2.75) is 284 Å². The van der Waals surface area contributed by atoms with Crippen molar-refractivity contribution in [3.8, 4) is 0 Å². The zero-order valence-corrected chi connectivity index (χ0v) is 52.2. The predicted molar refractivity (Wildman–Crippen MR) is 352 cm³/mol. The molecule has 81 heavy (non-hydrogen) atoms. The van der Waals surface area contributed by atoms with Gasteiger partial charge in [-0.05, 0) is 154 Å². The van der Waals surface area contributed by atoms with Gasteiger partial charge in [-0.2, -0.15) is 0 Å². The summed E-state index contributed by atoms with van der Waals surface area (Å²) in [7, 11) is 0. The third-order valence-electron chi connectivity index (χ3n) is 13.5. The number of carbonyl (C=O) groups excluding carboxylic acids is 3. The first-order valence-electron chi connectivity index (χ1n) is 33.0. The van der Waals surface area contributed by atoms with Crippen LogP contribution in [0, 0.1) is 0 Å². The Morgan fingerprint density at radius 1 is 0.259 bits per heavy atom. The quantitative estimate of drug-likeness (QED) is 0.0261. The molecule has 0 N–H and O–H groups in total. The van der Waals surface area contributed by atoms with Crippen LogP contribution in [0.1, 0.15) is 278 Å². The van der Waals surface area contributed by atoms with Gasteiger partial charge < -0.3 is 14.2 Å². The first kappa shape index (κ1) is 76.0. The number of unbranched alkanes of at least 4 members (excludes halogenated alkanes) is 21. The lowest BCUT2D eigenvalue weighted by Crippen LogP contribution is -2.30. The fourth-order valence-electron chi connectivity index (χ4n) is 8.55. The zero-order chi connectivity index (χ0) is 58.5. The summed E-state index contributed by atoms with van der Waals surface area (Å²) < 4.78 is 16.9. The first-order chi connectivity index (χ1) is 40.0. The molecule has 0 saturated heterocycles. The Bertz CT molecular complexity index is 1810. The molecule has 0 aliphatic carbocycles. The normalized spacial score (nSPS) is 13.2. The molecule has 0 bridgehead atoms. The fraction of sp³-hybridized carbons (Fsp3) is 0.613. The smallest absolute Gasteiger partial charge is 0.306 e. The van der Waals surface area contributed by atoms with Crippen molar-refractivity contribution in [3.05, 3.63) is 158 Å². The molecule has 6 heteroatoms. The van der Waals surface area contributed by atoms with E-state index in [1.807, 2.05) is 0 Å². The molecule has 1 unspecified atom stereocenters. The number of allylic oxidation sites excluding steroid dienone is 26. The monoisotopic (exact) mass is 1120 g/mol. The molecule has 0 aromatic heterocycles. The van der Waals surface area contributed by atoms with Gasteiger partial charge in [0.05, 0.1) is 0 Å². The second-order valence-electron chi connectivity index (χ2n) is 21.3. The minimum Gasteiger partial charge on any atom is -0.462 e. The van der Waals surface area contributed by atoms with E-state index in [0.29, 0.717) is 25.7 Å². The van der Waals surface area contributed by atoms with E-state index in [9.17, 15) is 14.4 Å². The van der Waals surface area contributed by atoms with Crippen molar-refractivity contribution < 1.29 is 28.6 Å². The van der Waals surface area contributed by atoms with Gasteiger partial charge in [-0.3, -0.25) is 14.4 Å². The molecule has 0 rings (SSSR count). The predicted octanol–water partition coefficient (Wildman–Crippen LogP) is 22.9. The van der Waals surface area contributed by atoms with Gasteiger partial charge >= 0.3 is 17.9 Å². The van der Waals surface area contributed by atoms with E-state index < -0.39 is 6.10 Å². The van der Waals surface area contributed by atoms with E-state index in [1.54, 1.807) is 0 Å². The summed E-state index contributed by atoms with van der Waals surface area (Å²) in [6, 6.07) is 0. The SMILES string of the molecule is CC/C=C\C/C=C\C/C=C\C/C=C\C/C=C\C/C=C\C/C=C\C/C=C\C/C=C\C/C=C\CCCCC(=O)OCC(COC(=O)CCCCCCC/C=C\CCCCCC)OC(=O)CCCCCCCCC/C=C\C/C=C\CCCCC. The van der Waals surface area contributed by atoms with Gasteiger partial charge in [0.1, 0.15) is 13.2 Å². The standard InChI is InChI=1S/C75H120O6/c1-4-7-10-13-16-19-22-25-27-29-30-31-32-33-34-35-36-37-38-39-40-41-42-43-44-46-47-50-53-56-59-62-65-68-74(77)80-71-72(70-79-73(76)67-64-61-58-55-52-49-24-21-18-15-12-9-6-3)81-75(78)69-66-63-60-57-54-51-48-45-28-26-23-20-17-14-11-8-5-2/h7,10,16-17,19-21,24-28,30-31,33-34,36-37,39-40,42-43,46-47,53,56,72H,4-6,8-9,11-15,18,22-23,29,32,35,38,41,44-45,48-52,54-55,57-71H2,1-3H3/b10-7-,19-16-,20-17-,24-21-,27-25-,28-26-,31-30-,34-33-,37-36-,40-39-,43-42-,47-46-,56-53-. The Hall–Kier alpha value is -4.97. The lowest BCUT2D eigenvalue weighted by Gasteiger charge is -2.18. The van der Waals surface area contributed by atoms with Gasteiger partial charge in [0.15, 0.2) is 6.10 Å². The van der Waals surface area contributed by atoms with Crippen molar-refractivity contribution in [2.75, 3.05) is 13.2 Å². The Balaban J connectivity index is 4.41. The maximum absolute atomic E-state index is 12.9. The molecule has 0 saturated carbocycles. The van der Waals surface area contributed by atoms with Crippen LogP contribution in [0.5, 0.6) is 0 Å². The van der Waals surface area contributed by atoms with Crippen LogP contribution < -0.4 is 0 Å². The van der Waals surface area contributed by atoms with Gasteiger partial charge in [-0.1, -0.05) is 262 Å². The highest BCUT2D eigenvalue weighted by atomic mass is 16.6. The third-order valence-corrected chi connectivity index (χ3v) is 13.5. The number of carbonyl (C=O) groups is 3. The van der Waals surface area contributed by atoms with Gasteiger partial charge in [0.2, 0.25) is 0 Å². The maximum atomic E-state index is 12.9. The Morgan fingerprint density at radius 3 is 0.815 bits per heavy atom. The first-order valence-corrected chi connectivity index (χ1v) is 33.0. The molecule has 0 aromatic rings. The lowest BCUT2D eigenvalue weighted by molar-refractivity contribution is -0.167. The molecule has 0 amide bonds. The third kappa shape index (κ3) is 65.7. The molecule has 456 valence electrons. The van der Waals surface area contributed by atoms with E-state index in [4.69, 9.17) is 14.2 Å². The molecular weight excluding hydrogens is 997 g/mol. The molecule has 0 radical (unpaired) electrons. The van der Waals surface area contributed by atoms with Crippen LogP contribution in [0.15, 0.2) is 158 Å². The highest BCUT2D eigenvalue weighted by Gasteiger charge is 2.19. The number of rotatable bonds is 58. The lowest BCUT2D eigenvalue weighted by atomic mass is 10.1. The van der Waals surface area contributed by atoms with Crippen molar-refractivity contribution in [2.24, 2.45) is 0 Å². The van der Waals surface area contributed by atoms with Crippen LogP contribution in [0.3, 0.4) is 0 Å². The fourth-order valence-corrected chi connectivity index (χ4v) is 8.55. The molecule has 0 aliphatic rings. The Kier molecular flexibility index (Phi) is 63.4. The van der Waals surface area contributed by atoms with Crippen molar-refractivity contribution in [3.63, 3.8) is 0 Å². The summed E-state index contributed by atoms with van der Waals surface area (Å²) in [4.78, 5) is 38.3. The number of hydrogen-bond acceptors (Lipinski definition) is 6. The molecule has 0 aliphatic heterocycles. The molecule has 0 fully saturated rings. The van der Waals surface area contributed by atoms with Crippen molar-refractivity contribution in [1.29, 1.82) is 0 Å². The maximum Gasteiger partial charge on any atom is 0.306 e. The van der Waals surface area contributed by atoms with E-state index in [-0.39, 0.29) is 31.1 Å². The summed E-state index contributed by atoms with van der Waals surface area (Å²) in [6.07, 6.45) is 98.2. The topological polar surface area (TPSA) is 78.9 Å². The van der Waals surface area contributed by atoms with Crippen LogP contribution in [0.25, 0.3) is 0 Å². The largest absolute Gasteiger partial charge is 0.462 e. The minimum atomic E-state index is -0.811. The average molecular weight is 1120 g/mol. The van der Waals surface area contributed by atoms with E-state index in [0.717, 1.165) is 141 Å². The minimum absolute atomic E-state index is 0.104. The van der Waals surface area contributed by atoms with Crippen LogP contribution in [0.4, 0.5) is 0 Å². The Labute approximate surface area is 499 Å². The zero-order valence-electron chi connectivity index (χ0n) is 52.2. The summed E-state index contributed by atoms with van der Waals surface area (Å²) in [5, 5.41) is 0. The number of hydrogen-bond donors (Lipinski definition) is 0. The summed E-state index contributed by atoms with van der Waals surface area (Å²) in [5.74, 6) is -0.968. The van der Waals surface area contributed by atoms with Crippen molar-refractivity contribution in [1.82, 2.24) is 0 Å². The highest BCUT2D eigenvalue weighted by Crippen LogP contribution is 2.14. The van der Waals surface area contributed by atoms with Gasteiger partial charge in [-0.15, -0.1) is 0 Å². The molecule has 6 nitrogen and oxygen atoms in total. The van der Waals surface area contributed by atoms with E-state index in [1.165, 1.54) is 89.9 Å². The molecular formula is C75H120O6. The second kappa shape index (κ2) is 67.5. The number of ether oxygens (including phenoxy) is 3. The molecule has 1 atom stereocenters. The average Bonchev–Trinajstić information content (AvgIpc) is 3.46. The molecule has 0 spiro atoms. The van der Waals surface area contributed by atoms with E-state index in [2.05, 4.69) is 179 Å².